The van der Waals surface area contributed by atoms with Gasteiger partial charge in [0.1, 0.15) is 12.2 Å². The third-order valence-corrected chi connectivity index (χ3v) is 1.50. The maximum absolute atomic E-state index is 10.5. The van der Waals surface area contributed by atoms with Crippen LogP contribution < -0.4 is 11.4 Å². The van der Waals surface area contributed by atoms with Gasteiger partial charge in [0.15, 0.2) is 0 Å². The van der Waals surface area contributed by atoms with E-state index in [1.807, 2.05) is 0 Å². The number of hydrogen-bond acceptors (Lipinski definition) is 4. The topological polar surface area (TPSA) is 101 Å². The highest BCUT2D eigenvalue weighted by Gasteiger charge is 1.91. The number of rotatable bonds is 0. The number of nitrogens with zero attached hydrogens (tertiary/aromatic N) is 4. The van der Waals surface area contributed by atoms with E-state index in [-0.39, 0.29) is 11.4 Å². The van der Waals surface area contributed by atoms with Crippen LogP contribution in [0.3, 0.4) is 0 Å². The van der Waals surface area contributed by atoms with Crippen molar-refractivity contribution in [1.82, 2.24) is 29.5 Å². The second-order valence-electron chi connectivity index (χ2n) is 2.91. The molecule has 0 aliphatic rings. The maximum atomic E-state index is 10.5. The lowest BCUT2D eigenvalue weighted by Crippen LogP contribution is -2.13. The minimum absolute atomic E-state index is 0.164. The molecule has 0 unspecified atom stereocenters. The number of hydrogen-bond donors (Lipinski definition) is 2. The average Bonchev–Trinajstić information content (AvgIpc) is 2.61. The Labute approximate surface area is 84.6 Å². The summed E-state index contributed by atoms with van der Waals surface area (Å²) >= 11 is 0. The fourth-order valence-corrected chi connectivity index (χ4v) is 0.879. The van der Waals surface area contributed by atoms with Crippen molar-refractivity contribution in [3.8, 4) is 0 Å². The smallest absolute Gasteiger partial charge is 0.293 e. The van der Waals surface area contributed by atoms with Crippen molar-refractivity contribution in [2.75, 3.05) is 0 Å². The number of aryl methyl sites for hydroxylation is 3. The van der Waals surface area contributed by atoms with Gasteiger partial charge in [-0.15, -0.1) is 0 Å². The van der Waals surface area contributed by atoms with Crippen molar-refractivity contribution in [2.24, 2.45) is 14.1 Å². The molecule has 0 bridgehead atoms. The van der Waals surface area contributed by atoms with Crippen LogP contribution in [0.15, 0.2) is 15.9 Å². The minimum Gasteiger partial charge on any atom is -0.293 e. The summed E-state index contributed by atoms with van der Waals surface area (Å²) in [5.74, 6) is 0.650. The highest BCUT2D eigenvalue weighted by atomic mass is 16.2. The molecule has 82 valence electrons. The Hall–Kier alpha value is -2.12. The van der Waals surface area contributed by atoms with Crippen molar-refractivity contribution in [2.45, 2.75) is 6.92 Å². The van der Waals surface area contributed by atoms with Crippen molar-refractivity contribution < 1.29 is 0 Å². The molecule has 8 nitrogen and oxygen atoms in total. The monoisotopic (exact) mass is 212 g/mol. The molecule has 8 heteroatoms. The summed E-state index contributed by atoms with van der Waals surface area (Å²) in [5, 5.41) is 6.15. The Morgan fingerprint density at radius 2 is 2.00 bits per heavy atom. The van der Waals surface area contributed by atoms with Gasteiger partial charge >= 0.3 is 11.4 Å². The number of nitrogens with one attached hydrogen (secondary N) is 2. The third-order valence-electron chi connectivity index (χ3n) is 1.50. The molecule has 0 spiro atoms. The van der Waals surface area contributed by atoms with Crippen molar-refractivity contribution in [3.05, 3.63) is 33.1 Å². The summed E-state index contributed by atoms with van der Waals surface area (Å²) in [7, 11) is 3.31. The number of aromatic amines is 2. The summed E-state index contributed by atoms with van der Waals surface area (Å²) in [5.41, 5.74) is -0.468. The van der Waals surface area contributed by atoms with Gasteiger partial charge in [-0.3, -0.25) is 9.67 Å². The molecular weight excluding hydrogens is 200 g/mol. The maximum Gasteiger partial charge on any atom is 0.361 e. The van der Waals surface area contributed by atoms with Gasteiger partial charge in [-0.05, 0) is 6.92 Å². The second-order valence-corrected chi connectivity index (χ2v) is 2.91. The van der Waals surface area contributed by atoms with Crippen LogP contribution in [0.1, 0.15) is 5.82 Å². The van der Waals surface area contributed by atoms with Crippen molar-refractivity contribution >= 4 is 0 Å². The van der Waals surface area contributed by atoms with E-state index in [1.54, 1.807) is 21.0 Å². The molecular formula is C7H12N6O2. The minimum atomic E-state index is -0.303. The van der Waals surface area contributed by atoms with Gasteiger partial charge in [0, 0.05) is 14.1 Å². The highest BCUT2D eigenvalue weighted by Crippen LogP contribution is 1.72. The first-order chi connectivity index (χ1) is 6.99. The quantitative estimate of drug-likeness (QED) is 0.556. The Bertz CT molecular complexity index is 530. The summed E-state index contributed by atoms with van der Waals surface area (Å²) in [6.07, 6.45) is 1.42. The highest BCUT2D eigenvalue weighted by molar-refractivity contribution is 4.74. The summed E-state index contributed by atoms with van der Waals surface area (Å²) in [4.78, 5) is 26.5. The molecule has 2 aromatic heterocycles. The summed E-state index contributed by atoms with van der Waals surface area (Å²) < 4.78 is 2.75. The summed E-state index contributed by atoms with van der Waals surface area (Å²) in [6, 6.07) is 0. The molecule has 0 aliphatic carbocycles. The molecule has 15 heavy (non-hydrogen) atoms. The molecule has 0 aromatic carbocycles. The van der Waals surface area contributed by atoms with E-state index in [0.29, 0.717) is 5.82 Å². The van der Waals surface area contributed by atoms with Crippen molar-refractivity contribution in [1.29, 1.82) is 0 Å². The molecule has 0 radical (unpaired) electrons. The fourth-order valence-electron chi connectivity index (χ4n) is 0.879. The van der Waals surface area contributed by atoms with Gasteiger partial charge in [0.2, 0.25) is 0 Å². The van der Waals surface area contributed by atoms with Gasteiger partial charge in [-0.2, -0.15) is 10.1 Å². The molecule has 0 atom stereocenters. The SMILES string of the molecule is Cc1nn(C)c(=O)[nH]1.Cn1cnc(=O)[nH]1. The molecule has 2 N–H and O–H groups in total. The van der Waals surface area contributed by atoms with Crippen LogP contribution in [-0.4, -0.2) is 29.5 Å². The Kier molecular flexibility index (Phi) is 3.21. The van der Waals surface area contributed by atoms with E-state index in [9.17, 15) is 9.59 Å². The first kappa shape index (κ1) is 11.0. The molecule has 0 aliphatic heterocycles. The molecule has 0 fully saturated rings. The predicted molar refractivity (Wildman–Crippen MR) is 52.4 cm³/mol. The van der Waals surface area contributed by atoms with E-state index in [1.165, 1.54) is 15.7 Å². The van der Waals surface area contributed by atoms with Gasteiger partial charge in [-0.25, -0.2) is 19.4 Å². The van der Waals surface area contributed by atoms with E-state index >= 15 is 0 Å². The lowest BCUT2D eigenvalue weighted by atomic mass is 10.8. The van der Waals surface area contributed by atoms with E-state index < -0.39 is 0 Å². The van der Waals surface area contributed by atoms with Gasteiger partial charge in [-0.1, -0.05) is 0 Å². The largest absolute Gasteiger partial charge is 0.361 e. The van der Waals surface area contributed by atoms with Gasteiger partial charge < -0.3 is 0 Å². The van der Waals surface area contributed by atoms with Crippen LogP contribution in [0.5, 0.6) is 0 Å². The predicted octanol–water partition coefficient (Wildman–Crippen LogP) is -1.47. The number of aromatic nitrogens is 6. The van der Waals surface area contributed by atoms with Crippen LogP contribution >= 0.6 is 0 Å². The standard InChI is InChI=1S/C4H7N3O.C3H5N3O/c1-3-5-4(8)7(2)6-3;1-6-2-4-3(7)5-6/h1-2H3,(H,5,6,8);2H,1H3,(H,5,7). The summed E-state index contributed by atoms with van der Waals surface area (Å²) in [6.45, 7) is 1.74. The van der Waals surface area contributed by atoms with E-state index in [4.69, 9.17) is 0 Å². The fraction of sp³-hybridized carbons (Fsp3) is 0.429. The zero-order chi connectivity index (χ0) is 11.4. The first-order valence-electron chi connectivity index (χ1n) is 4.16. The van der Waals surface area contributed by atoms with Crippen LogP contribution in [0.4, 0.5) is 0 Å². The molecule has 2 rings (SSSR count). The zero-order valence-corrected chi connectivity index (χ0v) is 8.68. The van der Waals surface area contributed by atoms with Crippen LogP contribution in [0.25, 0.3) is 0 Å². The molecule has 0 saturated heterocycles. The lowest BCUT2D eigenvalue weighted by Gasteiger charge is -1.77. The number of H-pyrrole nitrogens is 2. The van der Waals surface area contributed by atoms with Crippen LogP contribution in [-0.2, 0) is 14.1 Å². The molecule has 2 heterocycles. The normalized spacial score (nSPS) is 9.53. The van der Waals surface area contributed by atoms with Gasteiger partial charge in [0.25, 0.3) is 0 Å². The van der Waals surface area contributed by atoms with Crippen LogP contribution in [0, 0.1) is 6.92 Å². The Balaban J connectivity index is 0.000000151. The Morgan fingerprint density at radius 3 is 2.13 bits per heavy atom. The lowest BCUT2D eigenvalue weighted by molar-refractivity contribution is 0.728. The molecule has 0 amide bonds. The second kappa shape index (κ2) is 4.40. The van der Waals surface area contributed by atoms with Gasteiger partial charge in [0.05, 0.1) is 0 Å². The molecule has 0 saturated carbocycles. The van der Waals surface area contributed by atoms with E-state index in [0.717, 1.165) is 0 Å². The first-order valence-corrected chi connectivity index (χ1v) is 4.16. The van der Waals surface area contributed by atoms with Crippen LogP contribution in [0.2, 0.25) is 0 Å². The average molecular weight is 212 g/mol. The zero-order valence-electron chi connectivity index (χ0n) is 8.68. The third kappa shape index (κ3) is 3.25. The van der Waals surface area contributed by atoms with Crippen molar-refractivity contribution in [3.63, 3.8) is 0 Å². The Morgan fingerprint density at radius 1 is 1.33 bits per heavy atom. The molecule has 2 aromatic rings. The van der Waals surface area contributed by atoms with E-state index in [2.05, 4.69) is 20.2 Å².